The number of aromatic hydroxyl groups is 2. The van der Waals surface area contributed by atoms with Crippen LogP contribution in [0.25, 0.3) is 0 Å². The number of amides is 1. The second-order valence-electron chi connectivity index (χ2n) is 7.25. The first-order chi connectivity index (χ1) is 14.8. The maximum atomic E-state index is 12.6. The Kier molecular flexibility index (Phi) is 5.16. The van der Waals surface area contributed by atoms with Crippen molar-refractivity contribution in [2.24, 2.45) is 5.10 Å². The van der Waals surface area contributed by atoms with Crippen molar-refractivity contribution in [2.75, 3.05) is 0 Å². The van der Waals surface area contributed by atoms with Crippen LogP contribution in [0.3, 0.4) is 0 Å². The quantitative estimate of drug-likeness (QED) is 0.592. The third kappa shape index (κ3) is 3.85. The minimum absolute atomic E-state index is 0.0559. The van der Waals surface area contributed by atoms with E-state index in [4.69, 9.17) is 0 Å². The SMILES string of the molecule is CC(=O)N1N=C(c2c(O)n(Cc3ccccc3)c(=O)[nH]c2=O)C[C@H]1c1ccc(O)cc1. The van der Waals surface area contributed by atoms with E-state index in [0.717, 1.165) is 10.1 Å². The van der Waals surface area contributed by atoms with E-state index >= 15 is 0 Å². The number of hydrogen-bond acceptors (Lipinski definition) is 6. The van der Waals surface area contributed by atoms with E-state index in [9.17, 15) is 24.6 Å². The summed E-state index contributed by atoms with van der Waals surface area (Å²) in [5, 5.41) is 25.9. The first-order valence-corrected chi connectivity index (χ1v) is 9.61. The average Bonchev–Trinajstić information content (AvgIpc) is 3.17. The molecule has 1 aromatic heterocycles. The molecule has 1 aliphatic rings. The van der Waals surface area contributed by atoms with Crippen molar-refractivity contribution in [1.82, 2.24) is 14.6 Å². The molecule has 0 radical (unpaired) electrons. The summed E-state index contributed by atoms with van der Waals surface area (Å²) >= 11 is 0. The van der Waals surface area contributed by atoms with E-state index in [1.165, 1.54) is 24.1 Å². The summed E-state index contributed by atoms with van der Waals surface area (Å²) in [4.78, 5) is 39.3. The van der Waals surface area contributed by atoms with Gasteiger partial charge in [0.25, 0.3) is 5.56 Å². The standard InChI is InChI=1S/C22H20N4O5/c1-13(27)26-18(15-7-9-16(28)10-8-15)11-17(24-26)19-20(29)23-22(31)25(21(19)30)12-14-5-3-2-4-6-14/h2-10,18,28,30H,11-12H2,1H3,(H,23,29,31)/t18-/m0/s1. The van der Waals surface area contributed by atoms with Crippen LogP contribution in [0.2, 0.25) is 0 Å². The van der Waals surface area contributed by atoms with Gasteiger partial charge in [-0.15, -0.1) is 0 Å². The molecule has 0 unspecified atom stereocenters. The Morgan fingerprint density at radius 3 is 2.42 bits per heavy atom. The second-order valence-corrected chi connectivity index (χ2v) is 7.25. The van der Waals surface area contributed by atoms with Crippen LogP contribution in [-0.4, -0.2) is 36.4 Å². The van der Waals surface area contributed by atoms with Crippen LogP contribution < -0.4 is 11.2 Å². The molecule has 0 fully saturated rings. The van der Waals surface area contributed by atoms with Crippen LogP contribution >= 0.6 is 0 Å². The van der Waals surface area contributed by atoms with Gasteiger partial charge in [-0.3, -0.25) is 19.1 Å². The Labute approximate surface area is 176 Å². The number of hydrogen-bond donors (Lipinski definition) is 3. The number of benzene rings is 2. The molecule has 0 aliphatic carbocycles. The van der Waals surface area contributed by atoms with E-state index in [1.54, 1.807) is 36.4 Å². The Morgan fingerprint density at radius 2 is 1.77 bits per heavy atom. The minimum Gasteiger partial charge on any atom is -0.508 e. The van der Waals surface area contributed by atoms with E-state index in [2.05, 4.69) is 10.1 Å². The van der Waals surface area contributed by atoms with Gasteiger partial charge in [0.1, 0.15) is 11.3 Å². The molecule has 3 N–H and O–H groups in total. The molecule has 158 valence electrons. The molecule has 2 heterocycles. The molecule has 31 heavy (non-hydrogen) atoms. The third-order valence-electron chi connectivity index (χ3n) is 5.15. The van der Waals surface area contributed by atoms with Crippen LogP contribution in [0.1, 0.15) is 36.1 Å². The fourth-order valence-electron chi connectivity index (χ4n) is 3.64. The summed E-state index contributed by atoms with van der Waals surface area (Å²) < 4.78 is 1.06. The van der Waals surface area contributed by atoms with Crippen molar-refractivity contribution in [3.05, 3.63) is 92.1 Å². The number of aromatic amines is 1. The van der Waals surface area contributed by atoms with E-state index in [-0.39, 0.29) is 35.9 Å². The average molecular weight is 420 g/mol. The van der Waals surface area contributed by atoms with Crippen molar-refractivity contribution in [3.63, 3.8) is 0 Å². The van der Waals surface area contributed by atoms with E-state index in [1.807, 2.05) is 6.07 Å². The lowest BCUT2D eigenvalue weighted by atomic mass is 9.99. The predicted octanol–water partition coefficient (Wildman–Crippen LogP) is 1.69. The van der Waals surface area contributed by atoms with Gasteiger partial charge in [-0.05, 0) is 23.3 Å². The number of carbonyl (C=O) groups is 1. The monoisotopic (exact) mass is 420 g/mol. The summed E-state index contributed by atoms with van der Waals surface area (Å²) in [6.07, 6.45) is 0.157. The molecule has 0 saturated carbocycles. The molecule has 1 aliphatic heterocycles. The highest BCUT2D eigenvalue weighted by Crippen LogP contribution is 2.34. The Morgan fingerprint density at radius 1 is 1.10 bits per heavy atom. The third-order valence-corrected chi connectivity index (χ3v) is 5.15. The highest BCUT2D eigenvalue weighted by molar-refractivity contribution is 6.04. The molecule has 4 rings (SSSR count). The predicted molar refractivity (Wildman–Crippen MR) is 113 cm³/mol. The second kappa shape index (κ2) is 7.94. The van der Waals surface area contributed by atoms with Gasteiger partial charge in [0.2, 0.25) is 11.8 Å². The molecule has 0 bridgehead atoms. The molecule has 3 aromatic rings. The number of phenols is 1. The van der Waals surface area contributed by atoms with Crippen molar-refractivity contribution in [3.8, 4) is 11.6 Å². The van der Waals surface area contributed by atoms with Gasteiger partial charge in [0.15, 0.2) is 0 Å². The number of nitrogens with zero attached hydrogens (tertiary/aromatic N) is 3. The van der Waals surface area contributed by atoms with Gasteiger partial charge in [0.05, 0.1) is 18.3 Å². The molecular formula is C22H20N4O5. The topological polar surface area (TPSA) is 128 Å². The first-order valence-electron chi connectivity index (χ1n) is 9.61. The lowest BCUT2D eigenvalue weighted by Crippen LogP contribution is -2.34. The first kappa shape index (κ1) is 20.1. The van der Waals surface area contributed by atoms with Crippen LogP contribution in [-0.2, 0) is 11.3 Å². The van der Waals surface area contributed by atoms with Gasteiger partial charge >= 0.3 is 5.69 Å². The zero-order valence-corrected chi connectivity index (χ0v) is 16.6. The summed E-state index contributed by atoms with van der Waals surface area (Å²) in [6.45, 7) is 1.40. The Hall–Kier alpha value is -4.14. The number of H-pyrrole nitrogens is 1. The van der Waals surface area contributed by atoms with Gasteiger partial charge in [-0.2, -0.15) is 5.10 Å². The van der Waals surface area contributed by atoms with Gasteiger partial charge in [-0.1, -0.05) is 42.5 Å². The fraction of sp³-hybridized carbons (Fsp3) is 0.182. The normalized spacial score (nSPS) is 15.7. The minimum atomic E-state index is -0.777. The van der Waals surface area contributed by atoms with Gasteiger partial charge in [0, 0.05) is 13.3 Å². The van der Waals surface area contributed by atoms with E-state index in [0.29, 0.717) is 5.56 Å². The van der Waals surface area contributed by atoms with Crippen LogP contribution in [0.5, 0.6) is 11.6 Å². The summed E-state index contributed by atoms with van der Waals surface area (Å²) in [5.41, 5.74) is -0.0107. The van der Waals surface area contributed by atoms with E-state index < -0.39 is 23.2 Å². The summed E-state index contributed by atoms with van der Waals surface area (Å²) in [5.74, 6) is -0.771. The van der Waals surface area contributed by atoms with Crippen molar-refractivity contribution < 1.29 is 15.0 Å². The fourth-order valence-corrected chi connectivity index (χ4v) is 3.64. The van der Waals surface area contributed by atoms with Crippen molar-refractivity contribution >= 4 is 11.6 Å². The highest BCUT2D eigenvalue weighted by atomic mass is 16.3. The summed E-state index contributed by atoms with van der Waals surface area (Å²) in [7, 11) is 0. The number of hydrazone groups is 1. The maximum absolute atomic E-state index is 12.6. The molecular weight excluding hydrogens is 400 g/mol. The van der Waals surface area contributed by atoms with Gasteiger partial charge < -0.3 is 10.2 Å². The molecule has 0 saturated heterocycles. The zero-order chi connectivity index (χ0) is 22.1. The van der Waals surface area contributed by atoms with Crippen LogP contribution in [0.15, 0.2) is 69.3 Å². The van der Waals surface area contributed by atoms with Crippen LogP contribution in [0, 0.1) is 0 Å². The number of aromatic nitrogens is 2. The zero-order valence-electron chi connectivity index (χ0n) is 16.6. The number of rotatable bonds is 4. The highest BCUT2D eigenvalue weighted by Gasteiger charge is 2.34. The lowest BCUT2D eigenvalue weighted by molar-refractivity contribution is -0.130. The Bertz CT molecular complexity index is 1280. The Balaban J connectivity index is 1.76. The van der Waals surface area contributed by atoms with Crippen LogP contribution in [0.4, 0.5) is 0 Å². The molecule has 9 heteroatoms. The largest absolute Gasteiger partial charge is 0.508 e. The maximum Gasteiger partial charge on any atom is 0.331 e. The molecule has 1 atom stereocenters. The summed E-state index contributed by atoms with van der Waals surface area (Å²) in [6, 6.07) is 14.8. The molecule has 2 aromatic carbocycles. The van der Waals surface area contributed by atoms with Crippen molar-refractivity contribution in [1.29, 1.82) is 0 Å². The molecule has 9 nitrogen and oxygen atoms in total. The van der Waals surface area contributed by atoms with Crippen molar-refractivity contribution in [2.45, 2.75) is 25.9 Å². The number of phenolic OH excluding ortho intramolecular Hbond substituents is 1. The van der Waals surface area contributed by atoms with Gasteiger partial charge in [-0.25, -0.2) is 9.80 Å². The lowest BCUT2D eigenvalue weighted by Gasteiger charge is -2.20. The number of carbonyl (C=O) groups excluding carboxylic acids is 1. The number of nitrogens with one attached hydrogen (secondary N) is 1. The molecule has 1 amide bonds. The smallest absolute Gasteiger partial charge is 0.331 e. The molecule has 0 spiro atoms.